The zero-order valence-electron chi connectivity index (χ0n) is 15.4. The van der Waals surface area contributed by atoms with E-state index in [2.05, 4.69) is 32.8 Å². The Hall–Kier alpha value is -2.21. The average molecular weight is 356 g/mol. The Bertz CT molecular complexity index is 780. The van der Waals surface area contributed by atoms with Gasteiger partial charge in [-0.3, -0.25) is 4.90 Å². The molecule has 1 aliphatic heterocycles. The first-order valence-corrected chi connectivity index (χ1v) is 9.27. The molecular formula is C20H25FN4O. The number of piperazine rings is 1. The van der Waals surface area contributed by atoms with Gasteiger partial charge in [-0.15, -0.1) is 0 Å². The minimum Gasteiger partial charge on any atom is -0.494 e. The molecular weight excluding hydrogens is 331 g/mol. The number of halogens is 1. The van der Waals surface area contributed by atoms with Crippen molar-refractivity contribution in [2.75, 3.05) is 31.6 Å². The Kier molecular flexibility index (Phi) is 4.76. The van der Waals surface area contributed by atoms with Crippen LogP contribution in [0.15, 0.2) is 30.6 Å². The van der Waals surface area contributed by atoms with Gasteiger partial charge < -0.3 is 9.64 Å². The molecule has 6 heteroatoms. The molecule has 1 saturated heterocycles. The van der Waals surface area contributed by atoms with Crippen LogP contribution in [0.2, 0.25) is 0 Å². The summed E-state index contributed by atoms with van der Waals surface area (Å²) in [5, 5.41) is 0. The van der Waals surface area contributed by atoms with E-state index in [9.17, 15) is 4.39 Å². The van der Waals surface area contributed by atoms with Crippen LogP contribution in [0, 0.1) is 5.82 Å². The van der Waals surface area contributed by atoms with E-state index in [0.29, 0.717) is 17.7 Å². The first kappa shape index (κ1) is 17.2. The lowest BCUT2D eigenvalue weighted by Gasteiger charge is -2.40. The molecule has 138 valence electrons. The highest BCUT2D eigenvalue weighted by atomic mass is 19.1. The summed E-state index contributed by atoms with van der Waals surface area (Å²) >= 11 is 0. The second-order valence-electron chi connectivity index (χ2n) is 7.31. The number of hydrogen-bond donors (Lipinski definition) is 0. The molecule has 0 spiro atoms. The van der Waals surface area contributed by atoms with Crippen molar-refractivity contribution in [3.05, 3.63) is 47.7 Å². The molecule has 1 atom stereocenters. The second-order valence-corrected chi connectivity index (χ2v) is 7.31. The summed E-state index contributed by atoms with van der Waals surface area (Å²) in [7, 11) is 1.49. The van der Waals surface area contributed by atoms with Crippen LogP contribution in [0.1, 0.15) is 36.9 Å². The monoisotopic (exact) mass is 356 g/mol. The topological polar surface area (TPSA) is 41.5 Å². The van der Waals surface area contributed by atoms with E-state index < -0.39 is 0 Å². The van der Waals surface area contributed by atoms with Crippen molar-refractivity contribution in [2.45, 2.75) is 38.3 Å². The number of nitrogens with zero attached hydrogens (tertiary/aromatic N) is 4. The van der Waals surface area contributed by atoms with Gasteiger partial charge in [0.2, 0.25) is 0 Å². The number of methoxy groups -OCH3 is 1. The molecule has 2 heterocycles. The molecule has 2 aromatic rings. The first-order valence-electron chi connectivity index (χ1n) is 9.27. The molecule has 0 amide bonds. The quantitative estimate of drug-likeness (QED) is 0.823. The van der Waals surface area contributed by atoms with E-state index in [1.807, 2.05) is 6.07 Å². The maximum atomic E-state index is 13.9. The number of benzene rings is 1. The molecule has 1 aliphatic carbocycles. The van der Waals surface area contributed by atoms with E-state index in [4.69, 9.17) is 4.74 Å². The molecule has 1 unspecified atom stereocenters. The molecule has 26 heavy (non-hydrogen) atoms. The van der Waals surface area contributed by atoms with E-state index in [0.717, 1.165) is 37.6 Å². The summed E-state index contributed by atoms with van der Waals surface area (Å²) in [6, 6.07) is 7.73. The van der Waals surface area contributed by atoms with E-state index in [-0.39, 0.29) is 5.82 Å². The van der Waals surface area contributed by atoms with Crippen LogP contribution < -0.4 is 9.64 Å². The van der Waals surface area contributed by atoms with Crippen molar-refractivity contribution >= 4 is 5.82 Å². The lowest BCUT2D eigenvalue weighted by molar-refractivity contribution is 0.180. The van der Waals surface area contributed by atoms with Gasteiger partial charge in [0, 0.05) is 49.9 Å². The van der Waals surface area contributed by atoms with Crippen LogP contribution in [0.4, 0.5) is 10.2 Å². The highest BCUT2D eigenvalue weighted by Crippen LogP contribution is 2.39. The molecule has 1 aromatic heterocycles. The third-order valence-electron chi connectivity index (χ3n) is 5.36. The van der Waals surface area contributed by atoms with Crippen molar-refractivity contribution in [3.63, 3.8) is 0 Å². The van der Waals surface area contributed by atoms with Gasteiger partial charge in [0.25, 0.3) is 0 Å². The number of rotatable bonds is 5. The van der Waals surface area contributed by atoms with Crippen molar-refractivity contribution in [1.29, 1.82) is 0 Å². The Balaban J connectivity index is 1.40. The van der Waals surface area contributed by atoms with Gasteiger partial charge in [-0.2, -0.15) is 0 Å². The molecule has 1 saturated carbocycles. The third-order valence-corrected chi connectivity index (χ3v) is 5.36. The molecule has 0 bridgehead atoms. The smallest absolute Gasteiger partial charge is 0.165 e. The highest BCUT2D eigenvalue weighted by molar-refractivity contribution is 5.41. The van der Waals surface area contributed by atoms with Crippen molar-refractivity contribution in [1.82, 2.24) is 14.9 Å². The summed E-state index contributed by atoms with van der Waals surface area (Å²) in [5.41, 5.74) is 2.15. The Labute approximate surface area is 153 Å². The van der Waals surface area contributed by atoms with Crippen LogP contribution >= 0.6 is 0 Å². The molecule has 4 rings (SSSR count). The third kappa shape index (κ3) is 3.65. The largest absolute Gasteiger partial charge is 0.494 e. The van der Waals surface area contributed by atoms with Crippen LogP contribution in [-0.4, -0.2) is 47.7 Å². The molecule has 2 aliphatic rings. The zero-order chi connectivity index (χ0) is 18.1. The summed E-state index contributed by atoms with van der Waals surface area (Å²) in [6.07, 6.45) is 4.19. The Morgan fingerprint density at radius 1 is 1.19 bits per heavy atom. The summed E-state index contributed by atoms with van der Waals surface area (Å²) < 4.78 is 18.9. The van der Waals surface area contributed by atoms with Gasteiger partial charge in [0.1, 0.15) is 12.1 Å². The van der Waals surface area contributed by atoms with Crippen LogP contribution in [-0.2, 0) is 6.54 Å². The predicted octanol–water partition coefficient (Wildman–Crippen LogP) is 3.21. The zero-order valence-corrected chi connectivity index (χ0v) is 15.4. The van der Waals surface area contributed by atoms with Crippen molar-refractivity contribution in [3.8, 4) is 5.75 Å². The van der Waals surface area contributed by atoms with Crippen LogP contribution in [0.5, 0.6) is 5.75 Å². The molecule has 0 radical (unpaired) electrons. The van der Waals surface area contributed by atoms with Gasteiger partial charge >= 0.3 is 0 Å². The lowest BCUT2D eigenvalue weighted by Crippen LogP contribution is -2.51. The number of ether oxygens (including phenoxy) is 1. The van der Waals surface area contributed by atoms with E-state index in [1.165, 1.54) is 25.6 Å². The molecule has 5 nitrogen and oxygen atoms in total. The fourth-order valence-electron chi connectivity index (χ4n) is 3.62. The first-order chi connectivity index (χ1) is 12.6. The number of hydrogen-bond acceptors (Lipinski definition) is 5. The normalized spacial score (nSPS) is 21.0. The standard InChI is InChI=1S/C20H25FN4O/c1-14-11-25(20-10-18(16-4-5-16)22-13-23-20)8-7-24(14)12-15-3-6-19(26-2)17(21)9-15/h3,6,9-10,13-14,16H,4-5,7-8,11-12H2,1-2H3. The van der Waals surface area contributed by atoms with Crippen molar-refractivity contribution in [2.24, 2.45) is 0 Å². The van der Waals surface area contributed by atoms with E-state index >= 15 is 0 Å². The van der Waals surface area contributed by atoms with Gasteiger partial charge in [0.05, 0.1) is 7.11 Å². The molecule has 2 fully saturated rings. The van der Waals surface area contributed by atoms with Crippen LogP contribution in [0.25, 0.3) is 0 Å². The fourth-order valence-corrected chi connectivity index (χ4v) is 3.62. The van der Waals surface area contributed by atoms with Gasteiger partial charge in [-0.25, -0.2) is 14.4 Å². The molecule has 1 aromatic carbocycles. The second kappa shape index (κ2) is 7.19. The average Bonchev–Trinajstić information content (AvgIpc) is 3.49. The minimum absolute atomic E-state index is 0.293. The number of aromatic nitrogens is 2. The number of anilines is 1. The lowest BCUT2D eigenvalue weighted by atomic mass is 10.1. The predicted molar refractivity (Wildman–Crippen MR) is 99.0 cm³/mol. The maximum absolute atomic E-state index is 13.9. The van der Waals surface area contributed by atoms with Gasteiger partial charge in [-0.1, -0.05) is 6.07 Å². The van der Waals surface area contributed by atoms with Crippen molar-refractivity contribution < 1.29 is 9.13 Å². The maximum Gasteiger partial charge on any atom is 0.165 e. The van der Waals surface area contributed by atoms with Crippen LogP contribution in [0.3, 0.4) is 0 Å². The van der Waals surface area contributed by atoms with E-state index in [1.54, 1.807) is 18.5 Å². The Morgan fingerprint density at radius 3 is 2.73 bits per heavy atom. The van der Waals surface area contributed by atoms with Gasteiger partial charge in [-0.05, 0) is 37.5 Å². The van der Waals surface area contributed by atoms with Gasteiger partial charge in [0.15, 0.2) is 11.6 Å². The SMILES string of the molecule is COc1ccc(CN2CCN(c3cc(C4CC4)ncn3)CC2C)cc1F. The summed E-state index contributed by atoms with van der Waals surface area (Å²) in [4.78, 5) is 13.6. The minimum atomic E-state index is -0.301. The fraction of sp³-hybridized carbons (Fsp3) is 0.500. The molecule has 0 N–H and O–H groups in total. The summed E-state index contributed by atoms with van der Waals surface area (Å²) in [6.45, 7) is 5.73. The Morgan fingerprint density at radius 2 is 2.04 bits per heavy atom. The highest BCUT2D eigenvalue weighted by Gasteiger charge is 2.28. The summed E-state index contributed by atoms with van der Waals surface area (Å²) in [5.74, 6) is 1.66.